The predicted molar refractivity (Wildman–Crippen MR) is 59.1 cm³/mol. The van der Waals surface area contributed by atoms with Gasteiger partial charge >= 0.3 is 0 Å². The van der Waals surface area contributed by atoms with Crippen LogP contribution < -0.4 is 5.32 Å². The molecule has 1 aliphatic rings. The van der Waals surface area contributed by atoms with Crippen molar-refractivity contribution in [1.29, 1.82) is 0 Å². The van der Waals surface area contributed by atoms with Gasteiger partial charge in [-0.3, -0.25) is 4.79 Å². The lowest BCUT2D eigenvalue weighted by molar-refractivity contribution is 0.0796. The zero-order chi connectivity index (χ0) is 11.8. The first-order chi connectivity index (χ1) is 7.57. The maximum absolute atomic E-state index is 11.9. The van der Waals surface area contributed by atoms with Gasteiger partial charge in [-0.05, 0) is 38.7 Å². The quantitative estimate of drug-likeness (QED) is 0.812. The summed E-state index contributed by atoms with van der Waals surface area (Å²) >= 11 is 0. The average Bonchev–Trinajstić information content (AvgIpc) is 3.02. The van der Waals surface area contributed by atoms with E-state index in [1.165, 1.54) is 6.26 Å². The Morgan fingerprint density at radius 1 is 1.69 bits per heavy atom. The van der Waals surface area contributed by atoms with Crippen LogP contribution in [0.15, 0.2) is 16.7 Å². The minimum Gasteiger partial charge on any atom is -0.459 e. The second kappa shape index (κ2) is 3.94. The fourth-order valence-electron chi connectivity index (χ4n) is 1.91. The van der Waals surface area contributed by atoms with Gasteiger partial charge < -0.3 is 14.8 Å². The second-order valence-corrected chi connectivity index (χ2v) is 4.74. The molecule has 1 fully saturated rings. The lowest BCUT2D eigenvalue weighted by atomic mass is 9.96. The van der Waals surface area contributed by atoms with Gasteiger partial charge in [0.1, 0.15) is 0 Å². The van der Waals surface area contributed by atoms with E-state index in [0.29, 0.717) is 11.7 Å². The number of carbonyl (C=O) groups is 1. The number of aliphatic hydroxyl groups is 1. The van der Waals surface area contributed by atoms with Crippen LogP contribution in [0, 0.1) is 12.8 Å². The number of aliphatic hydroxyl groups excluding tert-OH is 1. The van der Waals surface area contributed by atoms with Crippen LogP contribution in [0.25, 0.3) is 0 Å². The van der Waals surface area contributed by atoms with Crippen molar-refractivity contribution >= 4 is 5.91 Å². The van der Waals surface area contributed by atoms with Gasteiger partial charge in [-0.2, -0.15) is 0 Å². The molecule has 1 aromatic heterocycles. The summed E-state index contributed by atoms with van der Waals surface area (Å²) in [5, 5.41) is 12.2. The van der Waals surface area contributed by atoms with Gasteiger partial charge in [0.2, 0.25) is 0 Å². The average molecular weight is 223 g/mol. The van der Waals surface area contributed by atoms with E-state index in [-0.39, 0.29) is 12.5 Å². The second-order valence-electron chi connectivity index (χ2n) is 4.74. The fourth-order valence-corrected chi connectivity index (χ4v) is 1.91. The van der Waals surface area contributed by atoms with Crippen LogP contribution in [0.5, 0.6) is 0 Å². The maximum Gasteiger partial charge on any atom is 0.287 e. The summed E-state index contributed by atoms with van der Waals surface area (Å²) in [4.78, 5) is 11.9. The van der Waals surface area contributed by atoms with Crippen molar-refractivity contribution in [2.75, 3.05) is 6.61 Å². The molecule has 0 aliphatic heterocycles. The molecular formula is C12H17NO3. The molecular weight excluding hydrogens is 206 g/mol. The smallest absolute Gasteiger partial charge is 0.287 e. The highest BCUT2D eigenvalue weighted by atomic mass is 16.3. The van der Waals surface area contributed by atoms with E-state index in [1.54, 1.807) is 6.07 Å². The molecule has 2 N–H and O–H groups in total. The van der Waals surface area contributed by atoms with Crippen molar-refractivity contribution in [3.05, 3.63) is 23.7 Å². The van der Waals surface area contributed by atoms with Gasteiger partial charge in [0, 0.05) is 5.56 Å². The Labute approximate surface area is 94.6 Å². The van der Waals surface area contributed by atoms with E-state index < -0.39 is 5.54 Å². The van der Waals surface area contributed by atoms with Crippen LogP contribution in [0.4, 0.5) is 0 Å². The first-order valence-corrected chi connectivity index (χ1v) is 5.54. The molecule has 0 radical (unpaired) electrons. The molecule has 1 saturated carbocycles. The summed E-state index contributed by atoms with van der Waals surface area (Å²) in [5.74, 6) is 0.475. The van der Waals surface area contributed by atoms with Crippen LogP contribution in [-0.4, -0.2) is 23.2 Å². The monoisotopic (exact) mass is 223 g/mol. The predicted octanol–water partition coefficient (Wildman–Crippen LogP) is 1.48. The van der Waals surface area contributed by atoms with Crippen LogP contribution >= 0.6 is 0 Å². The molecule has 1 aromatic rings. The zero-order valence-electron chi connectivity index (χ0n) is 9.62. The third-order valence-corrected chi connectivity index (χ3v) is 3.27. The molecule has 0 saturated heterocycles. The Kier molecular flexibility index (Phi) is 2.76. The first kappa shape index (κ1) is 11.2. The summed E-state index contributed by atoms with van der Waals surface area (Å²) in [6.07, 6.45) is 3.63. The number of hydrogen-bond donors (Lipinski definition) is 2. The van der Waals surface area contributed by atoms with E-state index in [9.17, 15) is 9.90 Å². The SMILES string of the molecule is Cc1ccoc1C(=O)NC(C)(CO)C1CC1. The molecule has 4 nitrogen and oxygen atoms in total. The molecule has 16 heavy (non-hydrogen) atoms. The molecule has 0 bridgehead atoms. The molecule has 1 unspecified atom stereocenters. The van der Waals surface area contributed by atoms with Crippen molar-refractivity contribution in [2.45, 2.75) is 32.2 Å². The normalized spacial score (nSPS) is 19.2. The standard InChI is InChI=1S/C12H17NO3/c1-8-5-6-16-10(8)11(15)13-12(2,7-14)9-3-4-9/h5-6,9,14H,3-4,7H2,1-2H3,(H,13,15). The van der Waals surface area contributed by atoms with Gasteiger partial charge in [-0.1, -0.05) is 0 Å². The van der Waals surface area contributed by atoms with Crippen molar-refractivity contribution in [2.24, 2.45) is 5.92 Å². The van der Waals surface area contributed by atoms with Crippen LogP contribution in [0.2, 0.25) is 0 Å². The summed E-state index contributed by atoms with van der Waals surface area (Å²) < 4.78 is 5.12. The highest BCUT2D eigenvalue weighted by Crippen LogP contribution is 2.39. The number of rotatable bonds is 4. The summed E-state index contributed by atoms with van der Waals surface area (Å²) in [6, 6.07) is 1.75. The molecule has 4 heteroatoms. The molecule has 1 amide bonds. The van der Waals surface area contributed by atoms with E-state index >= 15 is 0 Å². The number of furan rings is 1. The van der Waals surface area contributed by atoms with Gasteiger partial charge in [0.15, 0.2) is 5.76 Å². The Bertz CT molecular complexity index is 395. The summed E-state index contributed by atoms with van der Waals surface area (Å²) in [5.41, 5.74) is 0.296. The topological polar surface area (TPSA) is 62.5 Å². The highest BCUT2D eigenvalue weighted by Gasteiger charge is 2.42. The largest absolute Gasteiger partial charge is 0.459 e. The molecule has 1 aliphatic carbocycles. The third-order valence-electron chi connectivity index (χ3n) is 3.27. The minimum atomic E-state index is -0.518. The van der Waals surface area contributed by atoms with Gasteiger partial charge in [-0.15, -0.1) is 0 Å². The molecule has 1 atom stereocenters. The first-order valence-electron chi connectivity index (χ1n) is 5.54. The van der Waals surface area contributed by atoms with Gasteiger partial charge in [0.25, 0.3) is 5.91 Å². The Morgan fingerprint density at radius 2 is 2.38 bits per heavy atom. The van der Waals surface area contributed by atoms with Gasteiger partial charge in [-0.25, -0.2) is 0 Å². The molecule has 0 aromatic carbocycles. The van der Waals surface area contributed by atoms with Crippen molar-refractivity contribution in [3.8, 4) is 0 Å². The molecule has 88 valence electrons. The molecule has 2 rings (SSSR count). The van der Waals surface area contributed by atoms with E-state index in [2.05, 4.69) is 5.32 Å². The van der Waals surface area contributed by atoms with Gasteiger partial charge in [0.05, 0.1) is 18.4 Å². The number of aryl methyl sites for hydroxylation is 1. The van der Waals surface area contributed by atoms with E-state index in [4.69, 9.17) is 4.42 Å². The minimum absolute atomic E-state index is 0.0385. The van der Waals surface area contributed by atoms with Crippen molar-refractivity contribution in [3.63, 3.8) is 0 Å². The Morgan fingerprint density at radius 3 is 2.81 bits per heavy atom. The van der Waals surface area contributed by atoms with Crippen LogP contribution in [0.1, 0.15) is 35.9 Å². The van der Waals surface area contributed by atoms with Crippen molar-refractivity contribution < 1.29 is 14.3 Å². The highest BCUT2D eigenvalue weighted by molar-refractivity contribution is 5.93. The van der Waals surface area contributed by atoms with E-state index in [1.807, 2.05) is 13.8 Å². The lowest BCUT2D eigenvalue weighted by Crippen LogP contribution is -2.50. The Balaban J connectivity index is 2.09. The number of nitrogens with one attached hydrogen (secondary N) is 1. The number of amides is 1. The lowest BCUT2D eigenvalue weighted by Gasteiger charge is -2.28. The molecule has 0 spiro atoms. The van der Waals surface area contributed by atoms with Crippen LogP contribution in [-0.2, 0) is 0 Å². The molecule has 1 heterocycles. The van der Waals surface area contributed by atoms with Crippen molar-refractivity contribution in [1.82, 2.24) is 5.32 Å². The third kappa shape index (κ3) is 1.97. The Hall–Kier alpha value is -1.29. The van der Waals surface area contributed by atoms with Crippen LogP contribution in [0.3, 0.4) is 0 Å². The number of carbonyl (C=O) groups excluding carboxylic acids is 1. The van der Waals surface area contributed by atoms with E-state index in [0.717, 1.165) is 18.4 Å². The maximum atomic E-state index is 11.9. The fraction of sp³-hybridized carbons (Fsp3) is 0.583. The summed E-state index contributed by atoms with van der Waals surface area (Å²) in [6.45, 7) is 3.66. The number of hydrogen-bond acceptors (Lipinski definition) is 3. The summed E-state index contributed by atoms with van der Waals surface area (Å²) in [7, 11) is 0. The zero-order valence-corrected chi connectivity index (χ0v) is 9.62.